The van der Waals surface area contributed by atoms with Gasteiger partial charge in [-0.05, 0) is 31.5 Å². The summed E-state index contributed by atoms with van der Waals surface area (Å²) in [6.07, 6.45) is 4.35. The second kappa shape index (κ2) is 7.04. The molecule has 1 aliphatic heterocycles. The van der Waals surface area contributed by atoms with Gasteiger partial charge in [-0.1, -0.05) is 41.9 Å². The molecule has 0 radical (unpaired) electrons. The van der Waals surface area contributed by atoms with Gasteiger partial charge in [-0.3, -0.25) is 0 Å². The molecule has 4 aromatic rings. The second-order valence-corrected chi connectivity index (χ2v) is 7.63. The molecule has 6 nitrogen and oxygen atoms in total. The first-order chi connectivity index (χ1) is 13.7. The third kappa shape index (κ3) is 2.89. The van der Waals surface area contributed by atoms with Crippen LogP contribution in [-0.4, -0.2) is 37.1 Å². The van der Waals surface area contributed by atoms with E-state index in [2.05, 4.69) is 26.1 Å². The SMILES string of the molecule is Cn1cccc1-c1nn(CC2CCCN2)c2nnc(-c3ccccc3)c(Cl)c12. The Hall–Kier alpha value is -2.70. The second-order valence-electron chi connectivity index (χ2n) is 7.26. The van der Waals surface area contributed by atoms with E-state index < -0.39 is 0 Å². The number of benzene rings is 1. The van der Waals surface area contributed by atoms with Crippen LogP contribution in [0.4, 0.5) is 0 Å². The molecule has 7 heteroatoms. The molecule has 0 aliphatic carbocycles. The quantitative estimate of drug-likeness (QED) is 0.572. The Bertz CT molecular complexity index is 1120. The number of nitrogens with zero attached hydrogens (tertiary/aromatic N) is 5. The van der Waals surface area contributed by atoms with Gasteiger partial charge in [0.25, 0.3) is 0 Å². The molecule has 0 saturated carbocycles. The molecule has 1 unspecified atom stereocenters. The fourth-order valence-electron chi connectivity index (χ4n) is 3.93. The summed E-state index contributed by atoms with van der Waals surface area (Å²) in [6.45, 7) is 1.82. The fraction of sp³-hybridized carbons (Fsp3) is 0.286. The summed E-state index contributed by atoms with van der Waals surface area (Å²) in [4.78, 5) is 0. The Morgan fingerprint density at radius 3 is 2.68 bits per heavy atom. The largest absolute Gasteiger partial charge is 0.349 e. The van der Waals surface area contributed by atoms with Crippen molar-refractivity contribution >= 4 is 22.6 Å². The predicted molar refractivity (Wildman–Crippen MR) is 111 cm³/mol. The fourth-order valence-corrected chi connectivity index (χ4v) is 4.25. The van der Waals surface area contributed by atoms with Crippen molar-refractivity contribution in [3.8, 4) is 22.6 Å². The number of halogens is 1. The lowest BCUT2D eigenvalue weighted by molar-refractivity contribution is 0.484. The van der Waals surface area contributed by atoms with Gasteiger partial charge >= 0.3 is 0 Å². The summed E-state index contributed by atoms with van der Waals surface area (Å²) in [5.74, 6) is 0. The lowest BCUT2D eigenvalue weighted by Gasteiger charge is -2.10. The average Bonchev–Trinajstić information content (AvgIpc) is 3.44. The standard InChI is InChI=1S/C21H21ClN6/c1-27-12-6-10-16(27)20-17-18(22)19(14-7-3-2-4-8-14)24-25-21(17)28(26-20)13-15-9-5-11-23-15/h2-4,6-8,10,12,15,23H,5,9,11,13H2,1H3. The number of aromatic nitrogens is 5. The molecule has 0 spiro atoms. The zero-order valence-electron chi connectivity index (χ0n) is 15.6. The van der Waals surface area contributed by atoms with E-state index in [4.69, 9.17) is 16.7 Å². The Kier molecular flexibility index (Phi) is 4.37. The topological polar surface area (TPSA) is 60.6 Å². The van der Waals surface area contributed by atoms with Gasteiger partial charge in [0.15, 0.2) is 5.65 Å². The predicted octanol–water partition coefficient (Wildman–Crippen LogP) is 3.90. The third-order valence-electron chi connectivity index (χ3n) is 5.39. The van der Waals surface area contributed by atoms with Gasteiger partial charge in [0.2, 0.25) is 0 Å². The van der Waals surface area contributed by atoms with E-state index in [1.807, 2.05) is 54.3 Å². The number of aryl methyl sites for hydroxylation is 1. The normalized spacial score (nSPS) is 16.9. The zero-order valence-corrected chi connectivity index (χ0v) is 16.4. The highest BCUT2D eigenvalue weighted by Gasteiger charge is 2.24. The Morgan fingerprint density at radius 2 is 1.96 bits per heavy atom. The maximum absolute atomic E-state index is 6.90. The van der Waals surface area contributed by atoms with E-state index >= 15 is 0 Å². The van der Waals surface area contributed by atoms with E-state index in [0.717, 1.165) is 47.5 Å². The van der Waals surface area contributed by atoms with E-state index in [9.17, 15) is 0 Å². The summed E-state index contributed by atoms with van der Waals surface area (Å²) in [7, 11) is 2.01. The minimum atomic E-state index is 0.402. The van der Waals surface area contributed by atoms with Gasteiger partial charge in [0.1, 0.15) is 11.4 Å². The van der Waals surface area contributed by atoms with Crippen molar-refractivity contribution in [2.75, 3.05) is 6.54 Å². The molecular formula is C21H21ClN6. The van der Waals surface area contributed by atoms with E-state index in [-0.39, 0.29) is 0 Å². The van der Waals surface area contributed by atoms with E-state index in [0.29, 0.717) is 16.8 Å². The number of rotatable bonds is 4. The average molecular weight is 393 g/mol. The van der Waals surface area contributed by atoms with Gasteiger partial charge in [-0.15, -0.1) is 10.2 Å². The third-order valence-corrected chi connectivity index (χ3v) is 5.76. The number of nitrogens with one attached hydrogen (secondary N) is 1. The van der Waals surface area contributed by atoms with Crippen molar-refractivity contribution in [2.24, 2.45) is 7.05 Å². The summed E-state index contributed by atoms with van der Waals surface area (Å²) in [5.41, 5.74) is 4.22. The molecule has 142 valence electrons. The van der Waals surface area contributed by atoms with Crippen molar-refractivity contribution in [3.63, 3.8) is 0 Å². The van der Waals surface area contributed by atoms with Crippen molar-refractivity contribution in [3.05, 3.63) is 53.7 Å². The van der Waals surface area contributed by atoms with Crippen LogP contribution in [0.5, 0.6) is 0 Å². The van der Waals surface area contributed by atoms with Crippen molar-refractivity contribution in [1.82, 2.24) is 29.9 Å². The lowest BCUT2D eigenvalue weighted by atomic mass is 10.1. The summed E-state index contributed by atoms with van der Waals surface area (Å²) >= 11 is 6.90. The number of fused-ring (bicyclic) bond motifs is 1. The molecule has 1 fully saturated rings. The maximum Gasteiger partial charge on any atom is 0.182 e. The van der Waals surface area contributed by atoms with Crippen LogP contribution in [0.25, 0.3) is 33.7 Å². The molecule has 1 N–H and O–H groups in total. The first-order valence-corrected chi connectivity index (χ1v) is 9.93. The van der Waals surface area contributed by atoms with Crippen molar-refractivity contribution in [1.29, 1.82) is 0 Å². The molecular weight excluding hydrogens is 372 g/mol. The molecule has 1 aliphatic rings. The minimum absolute atomic E-state index is 0.402. The molecule has 4 heterocycles. The zero-order chi connectivity index (χ0) is 19.1. The molecule has 3 aromatic heterocycles. The first-order valence-electron chi connectivity index (χ1n) is 9.55. The minimum Gasteiger partial charge on any atom is -0.349 e. The van der Waals surface area contributed by atoms with Gasteiger partial charge in [-0.25, -0.2) is 4.68 Å². The van der Waals surface area contributed by atoms with Crippen LogP contribution < -0.4 is 5.32 Å². The van der Waals surface area contributed by atoms with Crippen LogP contribution >= 0.6 is 11.6 Å². The van der Waals surface area contributed by atoms with Crippen LogP contribution in [0, 0.1) is 0 Å². The van der Waals surface area contributed by atoms with Gasteiger partial charge in [-0.2, -0.15) is 5.10 Å². The van der Waals surface area contributed by atoms with Crippen LogP contribution in [0.1, 0.15) is 12.8 Å². The molecule has 1 atom stereocenters. The van der Waals surface area contributed by atoms with Gasteiger partial charge < -0.3 is 9.88 Å². The summed E-state index contributed by atoms with van der Waals surface area (Å²) < 4.78 is 4.01. The first kappa shape index (κ1) is 17.4. The number of hydrogen-bond donors (Lipinski definition) is 1. The monoisotopic (exact) mass is 392 g/mol. The lowest BCUT2D eigenvalue weighted by Crippen LogP contribution is -2.27. The van der Waals surface area contributed by atoms with Crippen LogP contribution in [0.2, 0.25) is 5.02 Å². The molecule has 0 amide bonds. The highest BCUT2D eigenvalue weighted by molar-refractivity contribution is 6.38. The van der Waals surface area contributed by atoms with Crippen molar-refractivity contribution < 1.29 is 0 Å². The van der Waals surface area contributed by atoms with Crippen LogP contribution in [0.3, 0.4) is 0 Å². The van der Waals surface area contributed by atoms with Crippen molar-refractivity contribution in [2.45, 2.75) is 25.4 Å². The van der Waals surface area contributed by atoms with E-state index in [1.54, 1.807) is 0 Å². The smallest absolute Gasteiger partial charge is 0.182 e. The molecule has 1 aromatic carbocycles. The summed E-state index contributed by atoms with van der Waals surface area (Å²) in [5, 5.41) is 18.9. The number of hydrogen-bond acceptors (Lipinski definition) is 4. The highest BCUT2D eigenvalue weighted by atomic mass is 35.5. The van der Waals surface area contributed by atoms with Gasteiger partial charge in [0, 0.05) is 24.8 Å². The molecule has 1 saturated heterocycles. The molecule has 5 rings (SSSR count). The summed E-state index contributed by atoms with van der Waals surface area (Å²) in [6, 6.07) is 14.4. The Morgan fingerprint density at radius 1 is 1.11 bits per heavy atom. The van der Waals surface area contributed by atoms with Crippen LogP contribution in [0.15, 0.2) is 48.7 Å². The molecule has 0 bridgehead atoms. The van der Waals surface area contributed by atoms with E-state index in [1.165, 1.54) is 6.42 Å². The maximum atomic E-state index is 6.90. The Balaban J connectivity index is 1.72. The van der Waals surface area contributed by atoms with Crippen LogP contribution in [-0.2, 0) is 13.6 Å². The molecule has 28 heavy (non-hydrogen) atoms. The van der Waals surface area contributed by atoms with Gasteiger partial charge in [0.05, 0.1) is 22.6 Å². The highest BCUT2D eigenvalue weighted by Crippen LogP contribution is 2.37. The Labute approximate surface area is 168 Å².